The predicted molar refractivity (Wildman–Crippen MR) is 84.7 cm³/mol. The van der Waals surface area contributed by atoms with Crippen molar-refractivity contribution in [3.63, 3.8) is 0 Å². The van der Waals surface area contributed by atoms with E-state index in [1.54, 1.807) is 14.2 Å². The van der Waals surface area contributed by atoms with E-state index >= 15 is 0 Å². The lowest BCUT2D eigenvalue weighted by Gasteiger charge is -2.25. The van der Waals surface area contributed by atoms with Gasteiger partial charge in [0.25, 0.3) is 0 Å². The van der Waals surface area contributed by atoms with Gasteiger partial charge in [0, 0.05) is 57.0 Å². The Morgan fingerprint density at radius 1 is 1.15 bits per heavy atom. The van der Waals surface area contributed by atoms with Crippen molar-refractivity contribution in [2.24, 2.45) is 0 Å². The molecule has 20 heavy (non-hydrogen) atoms. The molecule has 1 aromatic carbocycles. The Balaban J connectivity index is 1.90. The molecule has 0 saturated heterocycles. The maximum absolute atomic E-state index is 5.23. The van der Waals surface area contributed by atoms with Crippen LogP contribution < -0.4 is 0 Å². The van der Waals surface area contributed by atoms with Crippen molar-refractivity contribution in [3.8, 4) is 0 Å². The summed E-state index contributed by atoms with van der Waals surface area (Å²) >= 11 is 1.99. The van der Waals surface area contributed by atoms with Gasteiger partial charge in [-0.15, -0.1) is 11.8 Å². The van der Waals surface area contributed by atoms with Crippen molar-refractivity contribution >= 4 is 11.8 Å². The molecule has 0 radical (unpaired) electrons. The second-order valence-corrected chi connectivity index (χ2v) is 6.25. The largest absolute Gasteiger partial charge is 0.385 e. The van der Waals surface area contributed by atoms with E-state index in [0.29, 0.717) is 5.92 Å². The Labute approximate surface area is 126 Å². The van der Waals surface area contributed by atoms with Gasteiger partial charge in [0.1, 0.15) is 0 Å². The third-order valence-electron chi connectivity index (χ3n) is 3.71. The first-order valence-corrected chi connectivity index (χ1v) is 8.25. The number of fused-ring (bicyclic) bond motifs is 1. The van der Waals surface area contributed by atoms with Crippen LogP contribution in [0.2, 0.25) is 0 Å². The van der Waals surface area contributed by atoms with Crippen LogP contribution in [0.15, 0.2) is 29.2 Å². The fourth-order valence-corrected chi connectivity index (χ4v) is 3.88. The van der Waals surface area contributed by atoms with Gasteiger partial charge < -0.3 is 14.4 Å². The third kappa shape index (κ3) is 4.48. The minimum atomic E-state index is 0.649. The van der Waals surface area contributed by atoms with Crippen LogP contribution in [0.3, 0.4) is 0 Å². The Kier molecular flexibility index (Phi) is 6.87. The normalized spacial score (nSPS) is 17.6. The molecular formula is C16H25NO2S. The van der Waals surface area contributed by atoms with Crippen molar-refractivity contribution in [2.45, 2.75) is 17.2 Å². The van der Waals surface area contributed by atoms with Crippen LogP contribution in [-0.4, -0.2) is 57.7 Å². The van der Waals surface area contributed by atoms with E-state index in [1.165, 1.54) is 16.2 Å². The molecular weight excluding hydrogens is 270 g/mol. The molecule has 1 aromatic rings. The van der Waals surface area contributed by atoms with Crippen molar-refractivity contribution < 1.29 is 9.47 Å². The number of hydrogen-bond acceptors (Lipinski definition) is 4. The fraction of sp³-hybridized carbons (Fsp3) is 0.625. The summed E-state index contributed by atoms with van der Waals surface area (Å²) in [5.41, 5.74) is 1.52. The van der Waals surface area contributed by atoms with E-state index < -0.39 is 0 Å². The van der Waals surface area contributed by atoms with Gasteiger partial charge in [-0.1, -0.05) is 18.2 Å². The molecule has 1 unspecified atom stereocenters. The molecule has 0 N–H and O–H groups in total. The number of nitrogens with zero attached hydrogens (tertiary/aromatic N) is 1. The highest BCUT2D eigenvalue weighted by Crippen LogP contribution is 2.39. The molecule has 3 nitrogen and oxygen atoms in total. The maximum atomic E-state index is 5.23. The molecule has 4 heteroatoms. The zero-order chi connectivity index (χ0) is 14.2. The van der Waals surface area contributed by atoms with Crippen molar-refractivity contribution in [1.82, 2.24) is 4.90 Å². The third-order valence-corrected chi connectivity index (χ3v) is 4.96. The Hall–Kier alpha value is -0.550. The smallest absolute Gasteiger partial charge is 0.0589 e. The van der Waals surface area contributed by atoms with Gasteiger partial charge in [-0.3, -0.25) is 0 Å². The Morgan fingerprint density at radius 2 is 1.95 bits per heavy atom. The molecule has 0 bridgehead atoms. The molecule has 1 aliphatic rings. The fourth-order valence-electron chi connectivity index (χ4n) is 2.64. The molecule has 112 valence electrons. The molecule has 1 atom stereocenters. The zero-order valence-corrected chi connectivity index (χ0v) is 13.3. The van der Waals surface area contributed by atoms with Gasteiger partial charge in [-0.25, -0.2) is 0 Å². The van der Waals surface area contributed by atoms with Gasteiger partial charge in [-0.05, 0) is 18.1 Å². The van der Waals surface area contributed by atoms with E-state index in [0.717, 1.165) is 39.3 Å². The highest BCUT2D eigenvalue weighted by molar-refractivity contribution is 7.99. The molecule has 0 aromatic heterocycles. The Bertz CT molecular complexity index is 400. The van der Waals surface area contributed by atoms with Gasteiger partial charge in [0.15, 0.2) is 0 Å². The van der Waals surface area contributed by atoms with Crippen molar-refractivity contribution in [1.29, 1.82) is 0 Å². The summed E-state index contributed by atoms with van der Waals surface area (Å²) in [7, 11) is 3.54. The molecule has 1 heterocycles. The average molecular weight is 295 g/mol. The number of thioether (sulfide) groups is 1. The second-order valence-electron chi connectivity index (χ2n) is 5.19. The van der Waals surface area contributed by atoms with Crippen LogP contribution in [0.25, 0.3) is 0 Å². The number of ether oxygens (including phenoxy) is 2. The average Bonchev–Trinajstić information content (AvgIpc) is 2.88. The first-order valence-electron chi connectivity index (χ1n) is 7.27. The predicted octanol–water partition coefficient (Wildman–Crippen LogP) is 2.86. The van der Waals surface area contributed by atoms with Gasteiger partial charge in [0.2, 0.25) is 0 Å². The van der Waals surface area contributed by atoms with Crippen molar-refractivity contribution in [3.05, 3.63) is 29.8 Å². The first-order chi connectivity index (χ1) is 9.85. The summed E-state index contributed by atoms with van der Waals surface area (Å²) in [5, 5.41) is 0. The second kappa shape index (κ2) is 8.67. The number of hydrogen-bond donors (Lipinski definition) is 0. The van der Waals surface area contributed by atoms with Crippen LogP contribution in [0.4, 0.5) is 0 Å². The van der Waals surface area contributed by atoms with Crippen LogP contribution in [0.5, 0.6) is 0 Å². The monoisotopic (exact) mass is 295 g/mol. The first kappa shape index (κ1) is 15.8. The highest BCUT2D eigenvalue weighted by atomic mass is 32.2. The van der Waals surface area contributed by atoms with E-state index in [9.17, 15) is 0 Å². The molecule has 0 fully saturated rings. The molecule has 2 rings (SSSR count). The number of methoxy groups -OCH3 is 2. The molecule has 0 spiro atoms. The minimum absolute atomic E-state index is 0.649. The lowest BCUT2D eigenvalue weighted by molar-refractivity contribution is 0.130. The zero-order valence-electron chi connectivity index (χ0n) is 12.5. The van der Waals surface area contributed by atoms with Crippen molar-refractivity contribution in [2.75, 3.05) is 52.8 Å². The summed E-state index contributed by atoms with van der Waals surface area (Å²) in [6, 6.07) is 8.81. The molecule has 0 saturated carbocycles. The minimum Gasteiger partial charge on any atom is -0.385 e. The van der Waals surface area contributed by atoms with E-state index in [-0.39, 0.29) is 0 Å². The maximum Gasteiger partial charge on any atom is 0.0589 e. The quantitative estimate of drug-likeness (QED) is 0.653. The Morgan fingerprint density at radius 3 is 2.75 bits per heavy atom. The van der Waals surface area contributed by atoms with E-state index in [2.05, 4.69) is 29.2 Å². The number of rotatable bonds is 9. The lowest BCUT2D eigenvalue weighted by Crippen LogP contribution is -2.33. The molecule has 0 aliphatic carbocycles. The molecule has 0 amide bonds. The van der Waals surface area contributed by atoms with Crippen LogP contribution in [0, 0.1) is 0 Å². The summed E-state index contributed by atoms with van der Waals surface area (Å²) in [5.74, 6) is 1.85. The van der Waals surface area contributed by atoms with Gasteiger partial charge in [-0.2, -0.15) is 0 Å². The summed E-state index contributed by atoms with van der Waals surface area (Å²) in [6.45, 7) is 4.84. The van der Waals surface area contributed by atoms with E-state index in [1.807, 2.05) is 11.8 Å². The topological polar surface area (TPSA) is 21.7 Å². The summed E-state index contributed by atoms with van der Waals surface area (Å²) in [6.07, 6.45) is 1.09. The lowest BCUT2D eigenvalue weighted by atomic mass is 10.0. The summed E-state index contributed by atoms with van der Waals surface area (Å²) < 4.78 is 10.4. The molecule has 1 aliphatic heterocycles. The van der Waals surface area contributed by atoms with Gasteiger partial charge in [0.05, 0.1) is 6.61 Å². The standard InChI is InChI=1S/C16H25NO2S/c1-18-10-5-8-17(9-11-19-2)12-14-13-20-16-7-4-3-6-15(14)16/h3-4,6-7,14H,5,8-13H2,1-2H3. The van der Waals surface area contributed by atoms with Crippen LogP contribution in [0.1, 0.15) is 17.9 Å². The highest BCUT2D eigenvalue weighted by Gasteiger charge is 2.24. The van der Waals surface area contributed by atoms with Crippen LogP contribution >= 0.6 is 11.8 Å². The van der Waals surface area contributed by atoms with Crippen LogP contribution in [-0.2, 0) is 9.47 Å². The van der Waals surface area contributed by atoms with Gasteiger partial charge >= 0.3 is 0 Å². The SMILES string of the molecule is COCCCN(CCOC)CC1CSc2ccccc21. The number of benzene rings is 1. The summed E-state index contributed by atoms with van der Waals surface area (Å²) in [4.78, 5) is 3.97. The van der Waals surface area contributed by atoms with E-state index in [4.69, 9.17) is 9.47 Å².